The minimum absolute atomic E-state index is 0.0180. The van der Waals surface area contributed by atoms with Crippen LogP contribution in [0.1, 0.15) is 19.8 Å². The number of ether oxygens (including phenoxy) is 1. The molecule has 2 amide bonds. The lowest BCUT2D eigenvalue weighted by atomic mass is 10.3. The first-order valence-electron chi connectivity index (χ1n) is 6.93. The number of hydrogen-bond donors (Lipinski definition) is 1. The summed E-state index contributed by atoms with van der Waals surface area (Å²) in [5, 5.41) is 2.67. The van der Waals surface area contributed by atoms with Gasteiger partial charge in [0.05, 0.1) is 0 Å². The van der Waals surface area contributed by atoms with E-state index in [1.165, 1.54) is 0 Å². The van der Waals surface area contributed by atoms with Gasteiger partial charge in [0, 0.05) is 13.1 Å². The zero-order valence-corrected chi connectivity index (χ0v) is 11.7. The molecule has 1 unspecified atom stereocenters. The maximum atomic E-state index is 12.0. The first-order valence-corrected chi connectivity index (χ1v) is 6.93. The third kappa shape index (κ3) is 3.98. The second kappa shape index (κ2) is 6.93. The van der Waals surface area contributed by atoms with E-state index in [1.807, 2.05) is 18.2 Å². The van der Waals surface area contributed by atoms with Crippen LogP contribution in [0.15, 0.2) is 30.3 Å². The van der Waals surface area contributed by atoms with E-state index in [9.17, 15) is 9.59 Å². The maximum Gasteiger partial charge on any atom is 0.258 e. The van der Waals surface area contributed by atoms with Crippen LogP contribution in [0.3, 0.4) is 0 Å². The Balaban J connectivity index is 1.74. The number of nitrogens with zero attached hydrogens (tertiary/aromatic N) is 1. The molecule has 0 aromatic heterocycles. The van der Waals surface area contributed by atoms with Gasteiger partial charge in [-0.3, -0.25) is 9.59 Å². The summed E-state index contributed by atoms with van der Waals surface area (Å²) in [7, 11) is 0. The Bertz CT molecular complexity index is 455. The zero-order valence-electron chi connectivity index (χ0n) is 11.7. The van der Waals surface area contributed by atoms with Crippen LogP contribution in [0.25, 0.3) is 0 Å². The van der Waals surface area contributed by atoms with Crippen molar-refractivity contribution < 1.29 is 14.3 Å². The van der Waals surface area contributed by atoms with E-state index in [-0.39, 0.29) is 18.4 Å². The summed E-state index contributed by atoms with van der Waals surface area (Å²) in [6, 6.07) is 8.63. The van der Waals surface area contributed by atoms with Gasteiger partial charge in [-0.25, -0.2) is 0 Å². The number of rotatable bonds is 5. The molecule has 1 aliphatic rings. The summed E-state index contributed by atoms with van der Waals surface area (Å²) in [6.45, 7) is 3.21. The number of nitrogens with one attached hydrogen (secondary N) is 1. The molecule has 1 heterocycles. The van der Waals surface area contributed by atoms with Crippen LogP contribution in [0.5, 0.6) is 5.75 Å². The van der Waals surface area contributed by atoms with Crippen molar-refractivity contribution in [3.63, 3.8) is 0 Å². The monoisotopic (exact) mass is 276 g/mol. The summed E-state index contributed by atoms with van der Waals surface area (Å²) in [5.74, 6) is 0.339. The smallest absolute Gasteiger partial charge is 0.258 e. The third-order valence-electron chi connectivity index (χ3n) is 3.28. The number of amides is 2. The molecule has 0 spiro atoms. The molecule has 1 fully saturated rings. The summed E-state index contributed by atoms with van der Waals surface area (Å²) in [4.78, 5) is 25.6. The van der Waals surface area contributed by atoms with Gasteiger partial charge in [-0.05, 0) is 31.9 Å². The minimum atomic E-state index is -0.500. The minimum Gasteiger partial charge on any atom is -0.484 e. The lowest BCUT2D eigenvalue weighted by molar-refractivity contribution is -0.135. The Kier molecular flexibility index (Phi) is 4.98. The van der Waals surface area contributed by atoms with Gasteiger partial charge >= 0.3 is 0 Å². The van der Waals surface area contributed by atoms with Crippen molar-refractivity contribution in [2.24, 2.45) is 0 Å². The molecule has 108 valence electrons. The van der Waals surface area contributed by atoms with Crippen LogP contribution in [-0.4, -0.2) is 42.5 Å². The Hall–Kier alpha value is -2.04. The lowest BCUT2D eigenvalue weighted by Crippen LogP contribution is -2.47. The van der Waals surface area contributed by atoms with Crippen LogP contribution >= 0.6 is 0 Å². The molecule has 1 saturated heterocycles. The van der Waals surface area contributed by atoms with Crippen molar-refractivity contribution in [2.45, 2.75) is 25.8 Å². The lowest BCUT2D eigenvalue weighted by Gasteiger charge is -2.21. The Morgan fingerprint density at radius 2 is 1.90 bits per heavy atom. The molecule has 2 rings (SSSR count). The van der Waals surface area contributed by atoms with E-state index in [1.54, 1.807) is 24.0 Å². The Morgan fingerprint density at radius 1 is 1.25 bits per heavy atom. The normalized spacial score (nSPS) is 15.8. The highest BCUT2D eigenvalue weighted by Gasteiger charge is 2.24. The molecule has 1 atom stereocenters. The predicted octanol–water partition coefficient (Wildman–Crippen LogP) is 1.19. The summed E-state index contributed by atoms with van der Waals surface area (Å²) >= 11 is 0. The standard InChI is InChI=1S/C15H20N2O3/c1-12(15(19)17-9-5-6-10-17)16-14(18)11-20-13-7-3-2-4-8-13/h2-4,7-8,12H,5-6,9-11H2,1H3,(H,16,18). The van der Waals surface area contributed by atoms with Crippen molar-refractivity contribution in [1.29, 1.82) is 0 Å². The van der Waals surface area contributed by atoms with E-state index in [0.29, 0.717) is 5.75 Å². The van der Waals surface area contributed by atoms with Crippen molar-refractivity contribution >= 4 is 11.8 Å². The quantitative estimate of drug-likeness (QED) is 0.879. The highest BCUT2D eigenvalue weighted by Crippen LogP contribution is 2.09. The zero-order chi connectivity index (χ0) is 14.4. The molecule has 1 N–H and O–H groups in total. The number of hydrogen-bond acceptors (Lipinski definition) is 3. The van der Waals surface area contributed by atoms with Crippen LogP contribution in [0.4, 0.5) is 0 Å². The van der Waals surface area contributed by atoms with E-state index >= 15 is 0 Å². The average molecular weight is 276 g/mol. The van der Waals surface area contributed by atoms with Gasteiger partial charge in [-0.2, -0.15) is 0 Å². The molecule has 0 bridgehead atoms. The number of benzene rings is 1. The molecule has 5 nitrogen and oxygen atoms in total. The van der Waals surface area contributed by atoms with E-state index in [0.717, 1.165) is 25.9 Å². The van der Waals surface area contributed by atoms with Crippen molar-refractivity contribution in [1.82, 2.24) is 10.2 Å². The number of carbonyl (C=O) groups excluding carboxylic acids is 2. The van der Waals surface area contributed by atoms with Crippen LogP contribution in [0.2, 0.25) is 0 Å². The van der Waals surface area contributed by atoms with Gasteiger partial charge in [0.1, 0.15) is 11.8 Å². The highest BCUT2D eigenvalue weighted by atomic mass is 16.5. The fourth-order valence-electron chi connectivity index (χ4n) is 2.22. The number of para-hydroxylation sites is 1. The summed E-state index contributed by atoms with van der Waals surface area (Å²) in [6.07, 6.45) is 2.09. The topological polar surface area (TPSA) is 58.6 Å². The molecular weight excluding hydrogens is 256 g/mol. The van der Waals surface area contributed by atoms with Crippen LogP contribution in [-0.2, 0) is 9.59 Å². The largest absolute Gasteiger partial charge is 0.484 e. The van der Waals surface area contributed by atoms with Gasteiger partial charge < -0.3 is 15.0 Å². The van der Waals surface area contributed by atoms with E-state index in [4.69, 9.17) is 4.74 Å². The molecular formula is C15H20N2O3. The van der Waals surface area contributed by atoms with Crippen LogP contribution < -0.4 is 10.1 Å². The molecule has 0 radical (unpaired) electrons. The fourth-order valence-corrected chi connectivity index (χ4v) is 2.22. The van der Waals surface area contributed by atoms with Gasteiger partial charge in [0.15, 0.2) is 6.61 Å². The second-order valence-electron chi connectivity index (χ2n) is 4.92. The first kappa shape index (κ1) is 14.4. The fraction of sp³-hybridized carbons (Fsp3) is 0.467. The Morgan fingerprint density at radius 3 is 2.55 bits per heavy atom. The molecule has 1 aliphatic heterocycles. The second-order valence-corrected chi connectivity index (χ2v) is 4.92. The van der Waals surface area contributed by atoms with Crippen molar-refractivity contribution in [3.8, 4) is 5.75 Å². The first-order chi connectivity index (χ1) is 9.66. The molecule has 1 aromatic carbocycles. The van der Waals surface area contributed by atoms with Crippen molar-refractivity contribution in [2.75, 3.05) is 19.7 Å². The van der Waals surface area contributed by atoms with Gasteiger partial charge in [-0.15, -0.1) is 0 Å². The maximum absolute atomic E-state index is 12.0. The molecule has 1 aromatic rings. The van der Waals surface area contributed by atoms with Gasteiger partial charge in [-0.1, -0.05) is 18.2 Å². The SMILES string of the molecule is CC(NC(=O)COc1ccccc1)C(=O)N1CCCC1. The predicted molar refractivity (Wildman–Crippen MR) is 75.4 cm³/mol. The van der Waals surface area contributed by atoms with E-state index in [2.05, 4.69) is 5.32 Å². The summed E-state index contributed by atoms with van der Waals surface area (Å²) in [5.41, 5.74) is 0. The molecule has 20 heavy (non-hydrogen) atoms. The molecule has 0 aliphatic carbocycles. The van der Waals surface area contributed by atoms with Crippen LogP contribution in [0, 0.1) is 0 Å². The molecule has 0 saturated carbocycles. The van der Waals surface area contributed by atoms with E-state index < -0.39 is 6.04 Å². The van der Waals surface area contributed by atoms with Crippen molar-refractivity contribution in [3.05, 3.63) is 30.3 Å². The number of carbonyl (C=O) groups is 2. The van der Waals surface area contributed by atoms with Gasteiger partial charge in [0.25, 0.3) is 5.91 Å². The Labute approximate surface area is 118 Å². The average Bonchev–Trinajstić information content (AvgIpc) is 2.99. The van der Waals surface area contributed by atoms with Gasteiger partial charge in [0.2, 0.25) is 5.91 Å². The summed E-state index contributed by atoms with van der Waals surface area (Å²) < 4.78 is 5.34. The highest BCUT2D eigenvalue weighted by molar-refractivity contribution is 5.87. The third-order valence-corrected chi connectivity index (χ3v) is 3.28. The number of likely N-dealkylation sites (tertiary alicyclic amines) is 1. The molecule has 5 heteroatoms.